The van der Waals surface area contributed by atoms with Crippen LogP contribution in [-0.4, -0.2) is 22.6 Å². The van der Waals surface area contributed by atoms with Gasteiger partial charge in [-0.15, -0.1) is 0 Å². The molecule has 2 N–H and O–H groups in total. The van der Waals surface area contributed by atoms with Gasteiger partial charge in [0.1, 0.15) is 5.75 Å². The lowest BCUT2D eigenvalue weighted by Crippen LogP contribution is -2.37. The number of guanidine groups is 1. The molecule has 0 amide bonds. The van der Waals surface area contributed by atoms with Gasteiger partial charge in [-0.25, -0.2) is 9.98 Å². The van der Waals surface area contributed by atoms with E-state index in [1.54, 1.807) is 20.1 Å². The molecular formula is C20H18ClN5O2. The first-order valence-electron chi connectivity index (χ1n) is 8.65. The maximum absolute atomic E-state index is 12.7. The van der Waals surface area contributed by atoms with Crippen molar-refractivity contribution in [2.24, 2.45) is 4.99 Å². The minimum atomic E-state index is -0.633. The zero-order valence-electron chi connectivity index (χ0n) is 15.3. The summed E-state index contributed by atoms with van der Waals surface area (Å²) in [4.78, 5) is 21.8. The van der Waals surface area contributed by atoms with Crippen molar-refractivity contribution < 1.29 is 4.74 Å². The van der Waals surface area contributed by atoms with Crippen LogP contribution in [0.3, 0.4) is 0 Å². The van der Waals surface area contributed by atoms with Crippen LogP contribution in [0.5, 0.6) is 5.75 Å². The van der Waals surface area contributed by atoms with Crippen LogP contribution in [0.25, 0.3) is 0 Å². The molecule has 0 unspecified atom stereocenters. The van der Waals surface area contributed by atoms with E-state index < -0.39 is 6.17 Å². The fourth-order valence-electron chi connectivity index (χ4n) is 3.02. The van der Waals surface area contributed by atoms with Gasteiger partial charge in [-0.3, -0.25) is 14.7 Å². The maximum atomic E-state index is 12.7. The van der Waals surface area contributed by atoms with E-state index in [-0.39, 0.29) is 5.56 Å². The number of fused-ring (bicyclic) bond motifs is 1. The Labute approximate surface area is 166 Å². The topological polar surface area (TPSA) is 80.5 Å². The lowest BCUT2D eigenvalue weighted by Gasteiger charge is -2.27. The van der Waals surface area contributed by atoms with Crippen molar-refractivity contribution in [3.63, 3.8) is 0 Å². The molecule has 1 atom stereocenters. The first-order valence-corrected chi connectivity index (χ1v) is 9.03. The van der Waals surface area contributed by atoms with E-state index in [9.17, 15) is 4.79 Å². The van der Waals surface area contributed by atoms with Crippen molar-refractivity contribution in [3.8, 4) is 5.75 Å². The summed E-state index contributed by atoms with van der Waals surface area (Å²) in [6, 6.07) is 16.2. The summed E-state index contributed by atoms with van der Waals surface area (Å²) in [6.07, 6.45) is -0.633. The van der Waals surface area contributed by atoms with Gasteiger partial charge in [0, 0.05) is 28.0 Å². The minimum Gasteiger partial charge on any atom is -0.497 e. The molecule has 0 aliphatic carbocycles. The highest BCUT2D eigenvalue weighted by Gasteiger charge is 2.26. The van der Waals surface area contributed by atoms with Crippen LogP contribution in [0.15, 0.2) is 64.4 Å². The number of ether oxygens (including phenoxy) is 1. The van der Waals surface area contributed by atoms with Crippen molar-refractivity contribution in [2.45, 2.75) is 13.1 Å². The number of nitrogens with one attached hydrogen (secondary N) is 2. The number of benzene rings is 2. The van der Waals surface area contributed by atoms with Crippen molar-refractivity contribution >= 4 is 29.2 Å². The number of rotatable bonds is 3. The second kappa shape index (κ2) is 7.36. The van der Waals surface area contributed by atoms with Gasteiger partial charge in [-0.2, -0.15) is 0 Å². The molecule has 3 aromatic rings. The van der Waals surface area contributed by atoms with Crippen LogP contribution >= 0.6 is 11.6 Å². The van der Waals surface area contributed by atoms with Crippen LogP contribution in [0, 0.1) is 6.92 Å². The Kier molecular flexibility index (Phi) is 4.75. The van der Waals surface area contributed by atoms with Gasteiger partial charge in [0.2, 0.25) is 11.9 Å². The number of halogens is 1. The second-order valence-corrected chi connectivity index (χ2v) is 6.69. The molecule has 2 aromatic carbocycles. The molecule has 8 heteroatoms. The molecule has 28 heavy (non-hydrogen) atoms. The molecule has 0 saturated carbocycles. The van der Waals surface area contributed by atoms with Gasteiger partial charge in [-0.05, 0) is 37.3 Å². The summed E-state index contributed by atoms with van der Waals surface area (Å²) in [5.41, 5.74) is 1.95. The van der Waals surface area contributed by atoms with E-state index in [0.717, 1.165) is 11.4 Å². The average molecular weight is 396 g/mol. The zero-order chi connectivity index (χ0) is 19.7. The standard InChI is InChI=1S/C20H18ClN5O2/c1-12-11-17(27)26-18(15-5-3-4-6-16(15)21)24-19(25-20(26)22-12)23-13-7-9-14(28-2)10-8-13/h3-11,18H,1-2H3,(H2,22,23,24,25)/t18-/m0/s1. The quantitative estimate of drug-likeness (QED) is 0.707. The molecule has 0 spiro atoms. The molecule has 142 valence electrons. The highest BCUT2D eigenvalue weighted by atomic mass is 35.5. The molecule has 1 aliphatic rings. The Morgan fingerprint density at radius 1 is 1.18 bits per heavy atom. The molecule has 0 fully saturated rings. The van der Waals surface area contributed by atoms with Gasteiger partial charge in [0.25, 0.3) is 5.56 Å². The summed E-state index contributed by atoms with van der Waals surface area (Å²) < 4.78 is 6.68. The van der Waals surface area contributed by atoms with Crippen molar-refractivity contribution in [3.05, 3.63) is 81.2 Å². The Morgan fingerprint density at radius 2 is 1.93 bits per heavy atom. The predicted octanol–water partition coefficient (Wildman–Crippen LogP) is 3.65. The normalized spacial score (nSPS) is 15.2. The van der Waals surface area contributed by atoms with Crippen LogP contribution in [0.1, 0.15) is 17.4 Å². The van der Waals surface area contributed by atoms with Gasteiger partial charge in [0.15, 0.2) is 6.17 Å². The average Bonchev–Trinajstić information content (AvgIpc) is 2.68. The summed E-state index contributed by atoms with van der Waals surface area (Å²) >= 11 is 6.39. The third-order valence-corrected chi connectivity index (χ3v) is 4.69. The number of methoxy groups -OCH3 is 1. The SMILES string of the molecule is COc1ccc(NC2=N[C@H](c3ccccc3Cl)n3c(nc(C)cc3=O)N2)cc1. The molecule has 2 heterocycles. The van der Waals surface area contributed by atoms with Gasteiger partial charge in [-0.1, -0.05) is 29.8 Å². The van der Waals surface area contributed by atoms with Crippen LogP contribution in [0.2, 0.25) is 5.02 Å². The number of hydrogen-bond donors (Lipinski definition) is 2. The Balaban J connectivity index is 1.78. The van der Waals surface area contributed by atoms with E-state index >= 15 is 0 Å². The number of anilines is 2. The van der Waals surface area contributed by atoms with E-state index in [0.29, 0.717) is 28.2 Å². The lowest BCUT2D eigenvalue weighted by molar-refractivity contribution is 0.415. The summed E-state index contributed by atoms with van der Waals surface area (Å²) in [7, 11) is 1.62. The number of hydrogen-bond acceptors (Lipinski definition) is 6. The van der Waals surface area contributed by atoms with E-state index in [2.05, 4.69) is 20.6 Å². The monoisotopic (exact) mass is 395 g/mol. The third-order valence-electron chi connectivity index (χ3n) is 4.34. The maximum Gasteiger partial charge on any atom is 0.257 e. The first kappa shape index (κ1) is 18.1. The second-order valence-electron chi connectivity index (χ2n) is 6.28. The van der Waals surface area contributed by atoms with Gasteiger partial charge in [0.05, 0.1) is 7.11 Å². The number of nitrogens with zero attached hydrogens (tertiary/aromatic N) is 3. The molecule has 0 saturated heterocycles. The van der Waals surface area contributed by atoms with Crippen LogP contribution < -0.4 is 20.9 Å². The fourth-order valence-corrected chi connectivity index (χ4v) is 3.25. The third kappa shape index (κ3) is 3.44. The summed E-state index contributed by atoms with van der Waals surface area (Å²) in [5, 5.41) is 6.84. The molecule has 1 aromatic heterocycles. The fraction of sp³-hybridized carbons (Fsp3) is 0.150. The smallest absolute Gasteiger partial charge is 0.257 e. The zero-order valence-corrected chi connectivity index (χ0v) is 16.1. The van der Waals surface area contributed by atoms with Crippen molar-refractivity contribution in [1.29, 1.82) is 0 Å². The Morgan fingerprint density at radius 3 is 2.64 bits per heavy atom. The largest absolute Gasteiger partial charge is 0.497 e. The molecule has 4 rings (SSSR count). The highest BCUT2D eigenvalue weighted by Crippen LogP contribution is 2.30. The summed E-state index contributed by atoms with van der Waals surface area (Å²) in [5.74, 6) is 1.63. The molecule has 1 aliphatic heterocycles. The van der Waals surface area contributed by atoms with Crippen molar-refractivity contribution in [2.75, 3.05) is 17.7 Å². The van der Waals surface area contributed by atoms with Crippen LogP contribution in [0.4, 0.5) is 11.6 Å². The van der Waals surface area contributed by atoms with Gasteiger partial charge >= 0.3 is 0 Å². The Hall–Kier alpha value is -3.32. The number of aryl methyl sites for hydroxylation is 1. The first-order chi connectivity index (χ1) is 13.5. The number of aliphatic imine (C=N–C) groups is 1. The minimum absolute atomic E-state index is 0.202. The van der Waals surface area contributed by atoms with Crippen LogP contribution in [-0.2, 0) is 0 Å². The van der Waals surface area contributed by atoms with E-state index in [4.69, 9.17) is 16.3 Å². The summed E-state index contributed by atoms with van der Waals surface area (Å²) in [6.45, 7) is 1.77. The van der Waals surface area contributed by atoms with Crippen molar-refractivity contribution in [1.82, 2.24) is 9.55 Å². The molecule has 0 bridgehead atoms. The van der Waals surface area contributed by atoms with E-state index in [1.807, 2.05) is 42.5 Å². The highest BCUT2D eigenvalue weighted by molar-refractivity contribution is 6.31. The van der Waals surface area contributed by atoms with Gasteiger partial charge < -0.3 is 10.1 Å². The molecular weight excluding hydrogens is 378 g/mol. The Bertz CT molecular complexity index is 1110. The van der Waals surface area contributed by atoms with E-state index in [1.165, 1.54) is 10.6 Å². The number of aromatic nitrogens is 2. The lowest BCUT2D eigenvalue weighted by atomic mass is 10.1. The molecule has 7 nitrogen and oxygen atoms in total. The predicted molar refractivity (Wildman–Crippen MR) is 110 cm³/mol. The molecule has 0 radical (unpaired) electrons.